The third kappa shape index (κ3) is 14.7. The van der Waals surface area contributed by atoms with Crippen molar-refractivity contribution in [1.82, 2.24) is 0 Å². The van der Waals surface area contributed by atoms with Crippen LogP contribution in [0.4, 0.5) is 8.78 Å². The largest absolute Gasteiger partial charge is 0.220 e. The summed E-state index contributed by atoms with van der Waals surface area (Å²) in [6.07, 6.45) is 5.81. The van der Waals surface area contributed by atoms with Gasteiger partial charge in [-0.05, 0) is 245 Å². The van der Waals surface area contributed by atoms with Crippen molar-refractivity contribution in [3.63, 3.8) is 0 Å². The van der Waals surface area contributed by atoms with Gasteiger partial charge in [-0.15, -0.1) is 0 Å². The molecule has 6 heteroatoms. The van der Waals surface area contributed by atoms with Crippen LogP contribution < -0.4 is 18.3 Å². The highest BCUT2D eigenvalue weighted by Gasteiger charge is 2.40. The number of aryl methyl sites for hydroxylation is 8. The molecule has 4 aromatic heterocycles. The lowest BCUT2D eigenvalue weighted by Gasteiger charge is -2.22. The van der Waals surface area contributed by atoms with Crippen LogP contribution in [0.25, 0.3) is 110 Å². The SMILES string of the molecule is Cc1cc(-c2c3cccc(C(C)C)c3cc(C)[n+]2C)c(C)c(C)c1F.Cc1cc(-c2ccccc2)ccc1-c1c2cccc(C(C)C)c2cc(C)[n+]1C.Cc1cc(F)c(-c2ccccc2)cc1-c1c2cccc(C(C)C)c2cc(C)[n+]1C.Cc1ccccc1-c1c2ccc(C3CC4CCC3C4)cc2cc(C)[n+]1C. The van der Waals surface area contributed by atoms with Crippen molar-refractivity contribution < 1.29 is 27.0 Å². The summed E-state index contributed by atoms with van der Waals surface area (Å²) in [6, 6.07) is 78.0. The first-order valence-corrected chi connectivity index (χ1v) is 39.3. The number of halogens is 2. The van der Waals surface area contributed by atoms with Gasteiger partial charge in [0.15, 0.2) is 22.8 Å². The third-order valence-electron chi connectivity index (χ3n) is 24.3. The second kappa shape index (κ2) is 31.5. The molecule has 548 valence electrons. The van der Waals surface area contributed by atoms with E-state index in [-0.39, 0.29) is 11.6 Å². The molecular weight excluding hydrogens is 1320 g/mol. The fourth-order valence-corrected chi connectivity index (χ4v) is 17.8. The highest BCUT2D eigenvalue weighted by Crippen LogP contribution is 2.53. The topological polar surface area (TPSA) is 15.5 Å². The lowest BCUT2D eigenvalue weighted by Crippen LogP contribution is -2.35. The van der Waals surface area contributed by atoms with Gasteiger partial charge in [0.1, 0.15) is 39.8 Å². The Morgan fingerprint density at radius 2 is 0.778 bits per heavy atom. The van der Waals surface area contributed by atoms with Crippen molar-refractivity contribution in [2.75, 3.05) is 0 Å². The van der Waals surface area contributed by atoms with E-state index in [1.54, 1.807) is 11.6 Å². The van der Waals surface area contributed by atoms with Gasteiger partial charge in [0, 0.05) is 68.7 Å². The third-order valence-corrected chi connectivity index (χ3v) is 24.3. The van der Waals surface area contributed by atoms with Gasteiger partial charge in [-0.1, -0.05) is 187 Å². The van der Waals surface area contributed by atoms with Crippen LogP contribution in [0.3, 0.4) is 0 Å². The van der Waals surface area contributed by atoms with E-state index in [0.29, 0.717) is 28.9 Å². The van der Waals surface area contributed by atoms with Crippen LogP contribution in [-0.4, -0.2) is 0 Å². The molecule has 0 amide bonds. The van der Waals surface area contributed by atoms with Gasteiger partial charge < -0.3 is 0 Å². The molecule has 2 aliphatic rings. The monoisotopic (exact) mass is 1430 g/mol. The van der Waals surface area contributed by atoms with E-state index in [1.807, 2.05) is 70.2 Å². The Morgan fingerprint density at radius 3 is 1.27 bits per heavy atom. The summed E-state index contributed by atoms with van der Waals surface area (Å²) in [5.74, 6) is 3.87. The molecular formula is C102H110F2N4+4. The maximum absolute atomic E-state index is 14.9. The van der Waals surface area contributed by atoms with Crippen molar-refractivity contribution in [2.45, 2.75) is 160 Å². The zero-order valence-corrected chi connectivity index (χ0v) is 67.6. The normalized spacial score (nSPS) is 14.6. The van der Waals surface area contributed by atoms with E-state index >= 15 is 0 Å². The Morgan fingerprint density at radius 1 is 0.315 bits per heavy atom. The second-order valence-electron chi connectivity index (χ2n) is 32.3. The molecule has 0 spiro atoms. The Balaban J connectivity index is 0.000000127. The zero-order valence-electron chi connectivity index (χ0n) is 67.6. The molecule has 4 nitrogen and oxygen atoms in total. The number of nitrogens with zero attached hydrogens (tertiary/aromatic N) is 4. The van der Waals surface area contributed by atoms with Crippen molar-refractivity contribution in [3.8, 4) is 67.3 Å². The van der Waals surface area contributed by atoms with E-state index in [2.05, 4.69) is 299 Å². The van der Waals surface area contributed by atoms with Crippen molar-refractivity contribution in [1.29, 1.82) is 0 Å². The fraction of sp³-hybridized carbons (Fsp3) is 0.294. The smallest absolute Gasteiger partial charge is 0.206 e. The minimum atomic E-state index is -0.181. The van der Waals surface area contributed by atoms with Crippen LogP contribution in [0.1, 0.15) is 169 Å². The Bertz CT molecular complexity index is 5760. The van der Waals surface area contributed by atoms with E-state index in [9.17, 15) is 8.78 Å². The molecule has 3 atom stereocenters. The standard InChI is InChI=1S/C27H27FN.C27H28N.C25H28N.C23H27FN/c1-17(2)21-12-9-13-22-25(21)15-19(4)29(5)27(22)23-16-24(26(28)14-18(23)3)20-10-7-6-8-11-20;1-18(2)23-12-9-13-25-26(23)17-20(4)28(5)27(25)24-15-14-22(16-19(24)3)21-10-7-6-8-11-21;1-16-6-4-5-7-22(16)25-23-11-10-20(15-21(23)12-17(2)26(25)3)24-14-18-8-9-19(24)13-18;1-13(2)18-9-8-10-19-21(18)12-15(4)25(7)23(19)20-11-14(3)22(24)17(6)16(20)5/h6-17H,1-5H3;6-18H,1-5H3;4-7,10-12,15,18-19,24H,8-9,13-14H2,1-3H3;8-13H,1-7H3/q4*+1. The lowest BCUT2D eigenvalue weighted by molar-refractivity contribution is -0.665. The Kier molecular flexibility index (Phi) is 22.1. The molecule has 0 N–H and O–H groups in total. The quantitative estimate of drug-likeness (QED) is 0.121. The van der Waals surface area contributed by atoms with Gasteiger partial charge in [0.2, 0.25) is 22.8 Å². The van der Waals surface area contributed by atoms with Crippen LogP contribution in [0.5, 0.6) is 0 Å². The minimum Gasteiger partial charge on any atom is -0.206 e. The number of pyridine rings is 4. The molecule has 3 unspecified atom stereocenters. The average molecular weight is 1430 g/mol. The van der Waals surface area contributed by atoms with Gasteiger partial charge >= 0.3 is 0 Å². The fourth-order valence-electron chi connectivity index (χ4n) is 17.8. The number of fused-ring (bicyclic) bond motifs is 6. The molecule has 4 heterocycles. The summed E-state index contributed by atoms with van der Waals surface area (Å²) in [5, 5.41) is 10.5. The summed E-state index contributed by atoms with van der Waals surface area (Å²) in [6.45, 7) is 34.4. The molecule has 0 aliphatic heterocycles. The maximum atomic E-state index is 14.9. The van der Waals surface area contributed by atoms with E-state index in [0.717, 1.165) is 56.8 Å². The predicted molar refractivity (Wildman–Crippen MR) is 451 cm³/mol. The molecule has 108 heavy (non-hydrogen) atoms. The van der Waals surface area contributed by atoms with E-state index in [4.69, 9.17) is 0 Å². The molecule has 2 aliphatic carbocycles. The van der Waals surface area contributed by atoms with E-state index in [1.165, 1.54) is 159 Å². The summed E-state index contributed by atoms with van der Waals surface area (Å²) >= 11 is 0. The lowest BCUT2D eigenvalue weighted by atomic mass is 9.82. The van der Waals surface area contributed by atoms with E-state index < -0.39 is 0 Å². The molecule has 14 aromatic rings. The first-order chi connectivity index (χ1) is 51.7. The number of hydrogen-bond donors (Lipinski definition) is 0. The minimum absolute atomic E-state index is 0.0938. The van der Waals surface area contributed by atoms with Crippen molar-refractivity contribution >= 4 is 43.1 Å². The van der Waals surface area contributed by atoms with Crippen LogP contribution in [0.2, 0.25) is 0 Å². The summed E-state index contributed by atoms with van der Waals surface area (Å²) in [4.78, 5) is 0. The van der Waals surface area contributed by atoms with Gasteiger partial charge in [-0.25, -0.2) is 8.78 Å². The molecule has 2 fully saturated rings. The molecule has 2 saturated carbocycles. The van der Waals surface area contributed by atoms with Gasteiger partial charge in [0.25, 0.3) is 0 Å². The molecule has 2 bridgehead atoms. The number of aromatic nitrogens is 4. The van der Waals surface area contributed by atoms with Crippen LogP contribution in [-0.2, 0) is 28.2 Å². The van der Waals surface area contributed by atoms with Crippen LogP contribution in [0, 0.1) is 92.7 Å². The first-order valence-electron chi connectivity index (χ1n) is 39.3. The summed E-state index contributed by atoms with van der Waals surface area (Å²) in [5.41, 5.74) is 30.6. The van der Waals surface area contributed by atoms with Crippen LogP contribution >= 0.6 is 0 Å². The summed E-state index contributed by atoms with van der Waals surface area (Å²) < 4.78 is 38.4. The van der Waals surface area contributed by atoms with Crippen molar-refractivity contribution in [2.24, 2.45) is 40.0 Å². The second-order valence-corrected chi connectivity index (χ2v) is 32.3. The molecule has 16 rings (SSSR count). The predicted octanol–water partition coefficient (Wildman–Crippen LogP) is 25.3. The first kappa shape index (κ1) is 75.9. The molecule has 10 aromatic carbocycles. The number of rotatable bonds is 10. The average Bonchev–Trinajstić information content (AvgIpc) is 0.877. The van der Waals surface area contributed by atoms with Crippen LogP contribution in [0.15, 0.2) is 218 Å². The maximum Gasteiger partial charge on any atom is 0.220 e. The van der Waals surface area contributed by atoms with Gasteiger partial charge in [-0.2, -0.15) is 18.3 Å². The van der Waals surface area contributed by atoms with Crippen molar-refractivity contribution in [3.05, 3.63) is 308 Å². The Labute approximate surface area is 642 Å². The number of hydrogen-bond acceptors (Lipinski definition) is 0. The highest BCUT2D eigenvalue weighted by atomic mass is 19.1. The summed E-state index contributed by atoms with van der Waals surface area (Å²) in [7, 11) is 8.56. The zero-order chi connectivity index (χ0) is 76.8. The van der Waals surface area contributed by atoms with Gasteiger partial charge in [0.05, 0.1) is 32.7 Å². The molecule has 0 radical (unpaired) electrons. The molecule has 0 saturated heterocycles. The number of benzene rings is 10. The van der Waals surface area contributed by atoms with Gasteiger partial charge in [-0.3, -0.25) is 0 Å². The Hall–Kier alpha value is -10.3. The highest BCUT2D eigenvalue weighted by molar-refractivity contribution is 6.00.